The summed E-state index contributed by atoms with van der Waals surface area (Å²) in [5, 5.41) is 0.642. The zero-order valence-corrected chi connectivity index (χ0v) is 14.3. The van der Waals surface area contributed by atoms with Crippen LogP contribution in [0.5, 0.6) is 11.5 Å². The highest BCUT2D eigenvalue weighted by atomic mass is 127. The minimum absolute atomic E-state index is 0.630. The van der Waals surface area contributed by atoms with E-state index in [2.05, 4.69) is 59.4 Å². The SMILES string of the molecule is Clc1cc(I)cc(Oc2c(Br)ccnc2Br)c1. The lowest BCUT2D eigenvalue weighted by Gasteiger charge is -2.09. The molecule has 0 amide bonds. The highest BCUT2D eigenvalue weighted by molar-refractivity contribution is 14.1. The molecule has 2 nitrogen and oxygen atoms in total. The second-order valence-electron chi connectivity index (χ2n) is 3.12. The van der Waals surface area contributed by atoms with Crippen LogP contribution < -0.4 is 4.74 Å². The summed E-state index contributed by atoms with van der Waals surface area (Å²) in [6.45, 7) is 0. The van der Waals surface area contributed by atoms with E-state index in [0.29, 0.717) is 21.1 Å². The molecule has 0 N–H and O–H groups in total. The van der Waals surface area contributed by atoms with Gasteiger partial charge in [-0.2, -0.15) is 0 Å². The predicted molar refractivity (Wildman–Crippen MR) is 83.9 cm³/mol. The molecule has 0 aliphatic carbocycles. The van der Waals surface area contributed by atoms with Gasteiger partial charge in [-0.25, -0.2) is 4.98 Å². The first-order chi connectivity index (χ1) is 8.06. The maximum Gasteiger partial charge on any atom is 0.174 e. The Kier molecular flexibility index (Phi) is 4.68. The van der Waals surface area contributed by atoms with Crippen LogP contribution in [0.2, 0.25) is 5.02 Å². The molecule has 0 aliphatic rings. The molecule has 88 valence electrons. The molecule has 2 aromatic rings. The molecule has 0 saturated heterocycles. The Balaban J connectivity index is 2.38. The van der Waals surface area contributed by atoms with E-state index in [1.165, 1.54) is 0 Å². The van der Waals surface area contributed by atoms with Gasteiger partial charge in [0.05, 0.1) is 4.47 Å². The fraction of sp³-hybridized carbons (Fsp3) is 0. The molecular formula is C11H5Br2ClINO. The van der Waals surface area contributed by atoms with E-state index in [1.54, 1.807) is 12.3 Å². The van der Waals surface area contributed by atoms with Crippen molar-refractivity contribution in [3.05, 3.63) is 48.1 Å². The quantitative estimate of drug-likeness (QED) is 0.402. The van der Waals surface area contributed by atoms with Crippen molar-refractivity contribution in [1.82, 2.24) is 4.98 Å². The molecule has 6 heteroatoms. The third kappa shape index (κ3) is 3.56. The van der Waals surface area contributed by atoms with Crippen molar-refractivity contribution in [2.45, 2.75) is 0 Å². The van der Waals surface area contributed by atoms with Crippen LogP contribution in [0.25, 0.3) is 0 Å². The van der Waals surface area contributed by atoms with Crippen LogP contribution in [-0.4, -0.2) is 4.98 Å². The van der Waals surface area contributed by atoms with E-state index < -0.39 is 0 Å². The molecule has 0 radical (unpaired) electrons. The molecule has 1 heterocycles. The van der Waals surface area contributed by atoms with Gasteiger partial charge in [0, 0.05) is 14.8 Å². The fourth-order valence-electron chi connectivity index (χ4n) is 1.20. The molecule has 0 atom stereocenters. The van der Waals surface area contributed by atoms with Crippen molar-refractivity contribution in [3.63, 3.8) is 0 Å². The summed E-state index contributed by atoms with van der Waals surface area (Å²) in [7, 11) is 0. The first-order valence-corrected chi connectivity index (χ1v) is 7.54. The molecule has 0 bridgehead atoms. The zero-order valence-electron chi connectivity index (χ0n) is 8.25. The number of rotatable bonds is 2. The Bertz CT molecular complexity index is 525. The van der Waals surface area contributed by atoms with Crippen LogP contribution in [0.3, 0.4) is 0 Å². The zero-order chi connectivity index (χ0) is 12.4. The largest absolute Gasteiger partial charge is 0.453 e. The first kappa shape index (κ1) is 13.6. The van der Waals surface area contributed by atoms with Crippen LogP contribution >= 0.6 is 66.1 Å². The van der Waals surface area contributed by atoms with E-state index in [9.17, 15) is 0 Å². The van der Waals surface area contributed by atoms with Gasteiger partial charge in [0.25, 0.3) is 0 Å². The lowest BCUT2D eigenvalue weighted by atomic mass is 10.3. The van der Waals surface area contributed by atoms with Gasteiger partial charge in [0.15, 0.2) is 5.75 Å². The summed E-state index contributed by atoms with van der Waals surface area (Å²) in [5.74, 6) is 1.31. The Morgan fingerprint density at radius 2 is 2.00 bits per heavy atom. The van der Waals surface area contributed by atoms with Gasteiger partial charge in [0.2, 0.25) is 0 Å². The highest BCUT2D eigenvalue weighted by Crippen LogP contribution is 2.36. The van der Waals surface area contributed by atoms with E-state index in [-0.39, 0.29) is 0 Å². The average molecular weight is 489 g/mol. The minimum Gasteiger partial charge on any atom is -0.453 e. The number of hydrogen-bond acceptors (Lipinski definition) is 2. The molecule has 1 aromatic carbocycles. The first-order valence-electron chi connectivity index (χ1n) is 4.50. The Morgan fingerprint density at radius 3 is 2.65 bits per heavy atom. The Labute approximate surface area is 134 Å². The van der Waals surface area contributed by atoms with Crippen molar-refractivity contribution in [2.24, 2.45) is 0 Å². The van der Waals surface area contributed by atoms with Crippen molar-refractivity contribution < 1.29 is 4.74 Å². The van der Waals surface area contributed by atoms with E-state index in [1.807, 2.05) is 18.2 Å². The summed E-state index contributed by atoms with van der Waals surface area (Å²) < 4.78 is 8.24. The summed E-state index contributed by atoms with van der Waals surface area (Å²) in [5.41, 5.74) is 0. The highest BCUT2D eigenvalue weighted by Gasteiger charge is 2.09. The van der Waals surface area contributed by atoms with E-state index in [4.69, 9.17) is 16.3 Å². The van der Waals surface area contributed by atoms with Crippen LogP contribution in [0.15, 0.2) is 39.5 Å². The average Bonchev–Trinajstić information content (AvgIpc) is 2.22. The van der Waals surface area contributed by atoms with Crippen molar-refractivity contribution in [1.29, 1.82) is 0 Å². The number of nitrogens with zero attached hydrogens (tertiary/aromatic N) is 1. The number of hydrogen-bond donors (Lipinski definition) is 0. The monoisotopic (exact) mass is 487 g/mol. The van der Waals surface area contributed by atoms with Gasteiger partial charge in [-0.05, 0) is 78.7 Å². The van der Waals surface area contributed by atoms with Gasteiger partial charge >= 0.3 is 0 Å². The van der Waals surface area contributed by atoms with Crippen LogP contribution in [0, 0.1) is 3.57 Å². The fourth-order valence-corrected chi connectivity index (χ4v) is 3.31. The molecule has 0 fully saturated rings. The Morgan fingerprint density at radius 1 is 1.24 bits per heavy atom. The molecule has 0 spiro atoms. The Hall–Kier alpha value is 0.150. The molecule has 0 saturated carbocycles. The number of pyridine rings is 1. The smallest absolute Gasteiger partial charge is 0.174 e. The van der Waals surface area contributed by atoms with Gasteiger partial charge < -0.3 is 4.74 Å². The summed E-state index contributed by atoms with van der Waals surface area (Å²) in [6, 6.07) is 7.34. The standard InChI is InChI=1S/C11H5Br2ClINO/c12-9-1-2-16-11(13)10(9)17-8-4-6(14)3-7(15)5-8/h1-5H. The number of aromatic nitrogens is 1. The van der Waals surface area contributed by atoms with E-state index >= 15 is 0 Å². The normalized spacial score (nSPS) is 10.4. The second-order valence-corrected chi connectivity index (χ2v) is 6.41. The van der Waals surface area contributed by atoms with Crippen LogP contribution in [0.1, 0.15) is 0 Å². The van der Waals surface area contributed by atoms with Crippen LogP contribution in [0.4, 0.5) is 0 Å². The lowest BCUT2D eigenvalue weighted by Crippen LogP contribution is -1.89. The molecule has 2 rings (SSSR count). The maximum absolute atomic E-state index is 5.97. The van der Waals surface area contributed by atoms with Gasteiger partial charge in [-0.3, -0.25) is 0 Å². The maximum atomic E-state index is 5.97. The molecule has 0 aliphatic heterocycles. The third-order valence-corrected chi connectivity index (χ3v) is 3.90. The minimum atomic E-state index is 0.630. The molecule has 17 heavy (non-hydrogen) atoms. The lowest BCUT2D eigenvalue weighted by molar-refractivity contribution is 0.473. The van der Waals surface area contributed by atoms with Crippen LogP contribution in [-0.2, 0) is 0 Å². The summed E-state index contributed by atoms with van der Waals surface area (Å²) in [6.07, 6.45) is 1.68. The molecule has 1 aromatic heterocycles. The number of ether oxygens (including phenoxy) is 1. The van der Waals surface area contributed by atoms with Crippen molar-refractivity contribution in [2.75, 3.05) is 0 Å². The summed E-state index contributed by atoms with van der Waals surface area (Å²) in [4.78, 5) is 4.11. The van der Waals surface area contributed by atoms with Crippen molar-refractivity contribution in [3.8, 4) is 11.5 Å². The second kappa shape index (κ2) is 5.86. The molecular weight excluding hydrogens is 484 g/mol. The number of benzene rings is 1. The number of halogens is 4. The third-order valence-electron chi connectivity index (χ3n) is 1.87. The summed E-state index contributed by atoms with van der Waals surface area (Å²) >= 11 is 14.9. The van der Waals surface area contributed by atoms with Gasteiger partial charge in [-0.15, -0.1) is 0 Å². The predicted octanol–water partition coefficient (Wildman–Crippen LogP) is 5.66. The van der Waals surface area contributed by atoms with Gasteiger partial charge in [0.1, 0.15) is 10.4 Å². The van der Waals surface area contributed by atoms with Gasteiger partial charge in [-0.1, -0.05) is 11.6 Å². The van der Waals surface area contributed by atoms with Crippen molar-refractivity contribution >= 4 is 66.1 Å². The molecule has 0 unspecified atom stereocenters. The topological polar surface area (TPSA) is 22.1 Å². The van der Waals surface area contributed by atoms with E-state index in [0.717, 1.165) is 8.04 Å².